The summed E-state index contributed by atoms with van der Waals surface area (Å²) in [4.78, 5) is 41.4. The van der Waals surface area contributed by atoms with Gasteiger partial charge in [0.05, 0.1) is 10.9 Å². The second kappa shape index (κ2) is 5.08. The first-order valence-corrected chi connectivity index (χ1v) is 8.50. The van der Waals surface area contributed by atoms with Crippen LogP contribution in [0.15, 0.2) is 17.5 Å². The van der Waals surface area contributed by atoms with Crippen LogP contribution in [0.25, 0.3) is 0 Å². The molecule has 4 rings (SSSR count). The zero-order valence-electron chi connectivity index (χ0n) is 12.0. The zero-order chi connectivity index (χ0) is 15.3. The third kappa shape index (κ3) is 1.95. The molecule has 1 N–H and O–H groups in total. The van der Waals surface area contributed by atoms with Gasteiger partial charge in [0.25, 0.3) is 5.91 Å². The molecule has 3 aliphatic rings. The number of nitrogens with one attached hydrogen (secondary N) is 1. The number of nitrogens with zero attached hydrogens (tertiary/aromatic N) is 2. The minimum absolute atomic E-state index is 0.00363. The molecule has 0 bridgehead atoms. The molecule has 1 aromatic rings. The summed E-state index contributed by atoms with van der Waals surface area (Å²) in [5, 5.41) is 4.79. The molecule has 3 saturated heterocycles. The van der Waals surface area contributed by atoms with Crippen LogP contribution in [0.4, 0.5) is 0 Å². The van der Waals surface area contributed by atoms with E-state index < -0.39 is 6.04 Å². The largest absolute Gasteiger partial charge is 0.346 e. The fourth-order valence-electron chi connectivity index (χ4n) is 3.79. The maximum atomic E-state index is 12.7. The van der Waals surface area contributed by atoms with Crippen molar-refractivity contribution in [1.82, 2.24) is 15.1 Å². The lowest BCUT2D eigenvalue weighted by Gasteiger charge is -2.40. The van der Waals surface area contributed by atoms with Gasteiger partial charge in [-0.15, -0.1) is 11.3 Å². The average Bonchev–Trinajstić information content (AvgIpc) is 3.24. The van der Waals surface area contributed by atoms with E-state index in [2.05, 4.69) is 5.32 Å². The summed E-state index contributed by atoms with van der Waals surface area (Å²) in [6.07, 6.45) is 2.29. The van der Waals surface area contributed by atoms with E-state index in [1.165, 1.54) is 11.3 Å². The lowest BCUT2D eigenvalue weighted by Crippen LogP contribution is -2.64. The molecule has 6 nitrogen and oxygen atoms in total. The molecule has 0 saturated carbocycles. The van der Waals surface area contributed by atoms with Crippen molar-refractivity contribution < 1.29 is 14.4 Å². The fourth-order valence-corrected chi connectivity index (χ4v) is 4.42. The molecule has 0 unspecified atom stereocenters. The second-order valence-corrected chi connectivity index (χ2v) is 6.96. The smallest absolute Gasteiger partial charge is 0.261 e. The van der Waals surface area contributed by atoms with Gasteiger partial charge in [-0.25, -0.2) is 0 Å². The van der Waals surface area contributed by atoms with E-state index in [0.29, 0.717) is 24.4 Å². The standard InChI is InChI=1S/C15H17N3O3S/c19-13(11-4-2-8-22-11)16-9-5-7-18-12(9)15(21)17-6-1-3-10(17)14(18)20/h2,4,8-10,12H,1,3,5-7H2,(H,16,19)/t9-,10-,12+/m1/s1. The molecule has 3 amide bonds. The Kier molecular flexibility index (Phi) is 3.18. The van der Waals surface area contributed by atoms with Crippen LogP contribution in [-0.4, -0.2) is 58.7 Å². The van der Waals surface area contributed by atoms with Crippen LogP contribution < -0.4 is 5.32 Å². The summed E-state index contributed by atoms with van der Waals surface area (Å²) in [6.45, 7) is 1.21. The first-order valence-electron chi connectivity index (χ1n) is 7.62. The lowest BCUT2D eigenvalue weighted by atomic mass is 10.0. The lowest BCUT2D eigenvalue weighted by molar-refractivity contribution is -0.157. The third-order valence-corrected chi connectivity index (χ3v) is 5.69. The van der Waals surface area contributed by atoms with Gasteiger partial charge >= 0.3 is 0 Å². The van der Waals surface area contributed by atoms with Crippen molar-refractivity contribution in [2.24, 2.45) is 0 Å². The van der Waals surface area contributed by atoms with E-state index in [4.69, 9.17) is 0 Å². The van der Waals surface area contributed by atoms with Gasteiger partial charge in [-0.3, -0.25) is 14.4 Å². The molecule has 3 fully saturated rings. The second-order valence-electron chi connectivity index (χ2n) is 6.01. The Balaban J connectivity index is 1.55. The van der Waals surface area contributed by atoms with Gasteiger partial charge in [-0.1, -0.05) is 6.07 Å². The number of fused-ring (bicyclic) bond motifs is 2. The van der Waals surface area contributed by atoms with Crippen molar-refractivity contribution in [3.8, 4) is 0 Å². The van der Waals surface area contributed by atoms with Gasteiger partial charge in [0.15, 0.2) is 0 Å². The first kappa shape index (κ1) is 13.8. The van der Waals surface area contributed by atoms with E-state index >= 15 is 0 Å². The monoisotopic (exact) mass is 319 g/mol. The van der Waals surface area contributed by atoms with E-state index in [9.17, 15) is 14.4 Å². The number of carbonyl (C=O) groups excluding carboxylic acids is 3. The maximum Gasteiger partial charge on any atom is 0.261 e. The highest BCUT2D eigenvalue weighted by atomic mass is 32.1. The van der Waals surface area contributed by atoms with Crippen LogP contribution in [0.2, 0.25) is 0 Å². The summed E-state index contributed by atoms with van der Waals surface area (Å²) in [6, 6.07) is 2.51. The number of carbonyl (C=O) groups is 3. The maximum absolute atomic E-state index is 12.7. The molecule has 3 aliphatic heterocycles. The molecule has 116 valence electrons. The van der Waals surface area contributed by atoms with E-state index in [1.807, 2.05) is 11.4 Å². The van der Waals surface area contributed by atoms with Crippen molar-refractivity contribution in [2.45, 2.75) is 37.4 Å². The van der Waals surface area contributed by atoms with Gasteiger partial charge in [0.2, 0.25) is 11.8 Å². The molecule has 4 heterocycles. The van der Waals surface area contributed by atoms with Crippen LogP contribution in [0, 0.1) is 0 Å². The quantitative estimate of drug-likeness (QED) is 0.860. The summed E-state index contributed by atoms with van der Waals surface area (Å²) < 4.78 is 0. The molecule has 7 heteroatoms. The van der Waals surface area contributed by atoms with Gasteiger partial charge in [0, 0.05) is 13.1 Å². The Labute approximate surface area is 132 Å². The Morgan fingerprint density at radius 1 is 1.18 bits per heavy atom. The van der Waals surface area contributed by atoms with Gasteiger partial charge in [0.1, 0.15) is 12.1 Å². The van der Waals surface area contributed by atoms with E-state index in [-0.39, 0.29) is 29.8 Å². The summed E-state index contributed by atoms with van der Waals surface area (Å²) in [5.74, 6) is -0.114. The summed E-state index contributed by atoms with van der Waals surface area (Å²) in [7, 11) is 0. The van der Waals surface area contributed by atoms with Crippen LogP contribution in [0.5, 0.6) is 0 Å². The van der Waals surface area contributed by atoms with Crippen LogP contribution in [0.3, 0.4) is 0 Å². The zero-order valence-corrected chi connectivity index (χ0v) is 12.8. The molecule has 0 radical (unpaired) electrons. The Bertz CT molecular complexity index is 630. The summed E-state index contributed by atoms with van der Waals surface area (Å²) >= 11 is 1.37. The van der Waals surface area contributed by atoms with Gasteiger partial charge in [-0.2, -0.15) is 0 Å². The molecule has 0 aliphatic carbocycles. The fraction of sp³-hybridized carbons (Fsp3) is 0.533. The average molecular weight is 319 g/mol. The molecule has 0 spiro atoms. The molecule has 22 heavy (non-hydrogen) atoms. The van der Waals surface area contributed by atoms with Crippen molar-refractivity contribution in [2.75, 3.05) is 13.1 Å². The topological polar surface area (TPSA) is 69.7 Å². The normalized spacial score (nSPS) is 30.5. The highest BCUT2D eigenvalue weighted by molar-refractivity contribution is 7.12. The summed E-state index contributed by atoms with van der Waals surface area (Å²) in [5.41, 5.74) is 0. The van der Waals surface area contributed by atoms with Gasteiger partial charge < -0.3 is 15.1 Å². The third-order valence-electron chi connectivity index (χ3n) is 4.82. The predicted molar refractivity (Wildman–Crippen MR) is 80.4 cm³/mol. The number of thiophene rings is 1. The number of amides is 3. The van der Waals surface area contributed by atoms with Crippen molar-refractivity contribution in [1.29, 1.82) is 0 Å². The van der Waals surface area contributed by atoms with Crippen LogP contribution in [0.1, 0.15) is 28.9 Å². The number of hydrogen-bond donors (Lipinski definition) is 1. The highest BCUT2D eigenvalue weighted by Gasteiger charge is 2.53. The molecule has 3 atom stereocenters. The molecular weight excluding hydrogens is 302 g/mol. The SMILES string of the molecule is O=C(N[C@@H]1CCN2C(=O)[C@H]3CCCN3C(=O)[C@H]12)c1cccs1. The van der Waals surface area contributed by atoms with E-state index in [0.717, 1.165) is 12.8 Å². The molecule has 0 aromatic carbocycles. The van der Waals surface area contributed by atoms with Crippen molar-refractivity contribution in [3.63, 3.8) is 0 Å². The highest BCUT2D eigenvalue weighted by Crippen LogP contribution is 2.32. The van der Waals surface area contributed by atoms with Crippen molar-refractivity contribution in [3.05, 3.63) is 22.4 Å². The minimum atomic E-state index is -0.522. The number of rotatable bonds is 2. The Morgan fingerprint density at radius 3 is 2.82 bits per heavy atom. The van der Waals surface area contributed by atoms with Crippen molar-refractivity contribution >= 4 is 29.1 Å². The molecular formula is C15H17N3O3S. The minimum Gasteiger partial charge on any atom is -0.346 e. The number of hydrogen-bond acceptors (Lipinski definition) is 4. The Hall–Kier alpha value is -1.89. The first-order chi connectivity index (χ1) is 10.7. The van der Waals surface area contributed by atoms with Crippen LogP contribution >= 0.6 is 11.3 Å². The van der Waals surface area contributed by atoms with Crippen LogP contribution in [-0.2, 0) is 9.59 Å². The van der Waals surface area contributed by atoms with Gasteiger partial charge in [-0.05, 0) is 30.7 Å². The molecule has 1 aromatic heterocycles. The van der Waals surface area contributed by atoms with E-state index in [1.54, 1.807) is 15.9 Å². The number of piperazine rings is 1. The Morgan fingerprint density at radius 2 is 2.05 bits per heavy atom. The predicted octanol–water partition coefficient (Wildman–Crippen LogP) is 0.452.